The molecule has 0 aromatic heterocycles. The molecule has 0 spiro atoms. The number of rotatable bonds is 7. The van der Waals surface area contributed by atoms with Crippen LogP contribution in [0.25, 0.3) is 0 Å². The topological polar surface area (TPSA) is 0 Å². The van der Waals surface area contributed by atoms with Crippen LogP contribution < -0.4 is 16.4 Å². The van der Waals surface area contributed by atoms with Crippen LogP contribution in [0.5, 0.6) is 0 Å². The lowest BCUT2D eigenvalue weighted by Gasteiger charge is -2.40. The second-order valence-electron chi connectivity index (χ2n) is 12.3. The van der Waals surface area contributed by atoms with Crippen LogP contribution in [0.3, 0.4) is 0 Å². The average molecular weight is 782 g/mol. The molecule has 0 atom stereocenters. The zero-order valence-electron chi connectivity index (χ0n) is 27.7. The van der Waals surface area contributed by atoms with Crippen LogP contribution in [0.1, 0.15) is 33.4 Å². The smallest absolute Gasteiger partial charge is 0.203 e. The first-order valence-corrected chi connectivity index (χ1v) is 15.7. The minimum Gasteiger partial charge on any atom is -0.203 e. The van der Waals surface area contributed by atoms with Gasteiger partial charge in [0.2, 0.25) is 24.2 Å². The van der Waals surface area contributed by atoms with E-state index in [9.17, 15) is 13.2 Å². The molecule has 0 aliphatic rings. The molecule has 0 nitrogen and oxygen atoms in total. The van der Waals surface area contributed by atoms with E-state index in [-0.39, 0.29) is 10.9 Å². The Hall–Kier alpha value is -5.67. The van der Waals surface area contributed by atoms with Crippen LogP contribution >= 0.6 is 0 Å². The molecule has 0 saturated heterocycles. The Kier molecular flexibility index (Phi) is 10.1. The molecule has 6 rings (SSSR count). The predicted molar refractivity (Wildman–Crippen MR) is 171 cm³/mol. The maximum absolute atomic E-state index is 16.4. The van der Waals surface area contributed by atoms with Crippen molar-refractivity contribution in [1.82, 2.24) is 0 Å². The fraction of sp³-hybridized carbons (Fsp3) is 0.0769. The molecule has 6 aromatic rings. The minimum absolute atomic E-state index is 0.172. The van der Waals surface area contributed by atoms with E-state index in [1.807, 2.05) is 0 Å². The van der Waals surface area contributed by atoms with Gasteiger partial charge in [0, 0.05) is 16.7 Å². The summed E-state index contributed by atoms with van der Waals surface area (Å²) in [4.78, 5) is 0. The van der Waals surface area contributed by atoms with Gasteiger partial charge in [-0.1, -0.05) is 100 Å². The van der Waals surface area contributed by atoms with E-state index in [1.165, 1.54) is 62.4 Å². The Labute approximate surface area is 301 Å². The monoisotopic (exact) mass is 782 g/mol. The van der Waals surface area contributed by atoms with Gasteiger partial charge in [-0.15, -0.1) is 0 Å². The molecule has 16 heteroatoms. The third kappa shape index (κ3) is 5.67. The van der Waals surface area contributed by atoms with Crippen molar-refractivity contribution in [2.45, 2.75) is 19.3 Å². The molecule has 0 aliphatic carbocycles. The summed E-state index contributed by atoms with van der Waals surface area (Å²) < 4.78 is 234. The molecule has 0 N–H and O–H groups in total. The van der Waals surface area contributed by atoms with Gasteiger partial charge in [-0.05, 0) is 19.4 Å². The van der Waals surface area contributed by atoms with Crippen molar-refractivity contribution in [1.29, 1.82) is 0 Å². The van der Waals surface area contributed by atoms with Gasteiger partial charge in [-0.2, -0.15) is 0 Å². The van der Waals surface area contributed by atoms with Crippen LogP contribution in [0.4, 0.5) is 65.9 Å². The van der Waals surface area contributed by atoms with Crippen molar-refractivity contribution in [2.75, 3.05) is 0 Å². The molecule has 0 saturated carbocycles. The summed E-state index contributed by atoms with van der Waals surface area (Å²) in [5.41, 5.74) is -14.1. The minimum atomic E-state index is -4.84. The summed E-state index contributed by atoms with van der Waals surface area (Å²) in [6.45, 7) is 1.52. The Balaban J connectivity index is 2.06. The maximum Gasteiger partial charge on any atom is 0.242 e. The molecule has 0 bridgehead atoms. The standard InChI is InChI=1S/C39H18BF15/c1-15-9-3-6-12-18(15)40(19-13-7-4-10-16(19)2)20-14-8-5-11-17(20)39(21-24(41)30(47)36(53)31(48)25(21)42,22-26(43)32(49)37(54)33(50)27(22)44)23-28(45)34(51)38(55)35(52)29(23)46/h3-14H,1-2H3. The lowest BCUT2D eigenvalue weighted by atomic mass is 9.34. The van der Waals surface area contributed by atoms with E-state index < -0.39 is 127 Å². The summed E-state index contributed by atoms with van der Waals surface area (Å²) in [6.07, 6.45) is 0. The van der Waals surface area contributed by atoms with Crippen LogP contribution in [-0.4, -0.2) is 6.71 Å². The fourth-order valence-electron chi connectivity index (χ4n) is 7.00. The molecule has 55 heavy (non-hydrogen) atoms. The first kappa shape index (κ1) is 39.0. The van der Waals surface area contributed by atoms with E-state index in [4.69, 9.17) is 0 Å². The van der Waals surface area contributed by atoms with Crippen molar-refractivity contribution in [2.24, 2.45) is 0 Å². The van der Waals surface area contributed by atoms with Gasteiger partial charge in [-0.3, -0.25) is 0 Å². The van der Waals surface area contributed by atoms with Gasteiger partial charge in [0.25, 0.3) is 0 Å². The highest BCUT2D eigenvalue weighted by Gasteiger charge is 2.56. The highest BCUT2D eigenvalue weighted by molar-refractivity contribution is 6.96. The third-order valence-electron chi connectivity index (χ3n) is 9.43. The molecule has 0 unspecified atom stereocenters. The van der Waals surface area contributed by atoms with Gasteiger partial charge in [0.05, 0.1) is 5.41 Å². The average Bonchev–Trinajstić information content (AvgIpc) is 3.17. The molecule has 0 fully saturated rings. The second kappa shape index (κ2) is 14.2. The molecule has 282 valence electrons. The number of aryl methyl sites for hydroxylation is 2. The lowest BCUT2D eigenvalue weighted by molar-refractivity contribution is 0.330. The lowest BCUT2D eigenvalue weighted by Crippen LogP contribution is -2.57. The van der Waals surface area contributed by atoms with Crippen LogP contribution in [0.15, 0.2) is 72.8 Å². The molecule has 0 heterocycles. The van der Waals surface area contributed by atoms with Gasteiger partial charge < -0.3 is 0 Å². The van der Waals surface area contributed by atoms with E-state index in [0.29, 0.717) is 17.2 Å². The van der Waals surface area contributed by atoms with Crippen LogP contribution in [0.2, 0.25) is 0 Å². The summed E-state index contributed by atoms with van der Waals surface area (Å²) in [7, 11) is 0. The highest BCUT2D eigenvalue weighted by atomic mass is 19.2. The summed E-state index contributed by atoms with van der Waals surface area (Å²) in [5, 5.41) is 0. The van der Waals surface area contributed by atoms with Crippen molar-refractivity contribution >= 4 is 23.1 Å². The summed E-state index contributed by atoms with van der Waals surface area (Å²) in [5.74, 6) is -46.0. The first-order chi connectivity index (χ1) is 25.9. The van der Waals surface area contributed by atoms with Crippen molar-refractivity contribution < 1.29 is 65.9 Å². The molecular formula is C39H18BF15. The molecule has 0 aliphatic heterocycles. The van der Waals surface area contributed by atoms with Crippen LogP contribution in [-0.2, 0) is 5.41 Å². The Morgan fingerprint density at radius 1 is 0.309 bits per heavy atom. The Bertz CT molecular complexity index is 2250. The van der Waals surface area contributed by atoms with Crippen molar-refractivity contribution in [3.63, 3.8) is 0 Å². The van der Waals surface area contributed by atoms with E-state index in [2.05, 4.69) is 0 Å². The fourth-order valence-corrected chi connectivity index (χ4v) is 7.00. The van der Waals surface area contributed by atoms with E-state index in [1.54, 1.807) is 0 Å². The third-order valence-corrected chi connectivity index (χ3v) is 9.43. The number of benzene rings is 6. The van der Waals surface area contributed by atoms with Crippen molar-refractivity contribution in [3.8, 4) is 0 Å². The number of hydrogen-bond acceptors (Lipinski definition) is 0. The molecular weight excluding hydrogens is 764 g/mol. The van der Waals surface area contributed by atoms with Gasteiger partial charge in [0.1, 0.15) is 0 Å². The zero-order valence-corrected chi connectivity index (χ0v) is 27.7. The maximum atomic E-state index is 16.4. The Morgan fingerprint density at radius 2 is 0.545 bits per heavy atom. The normalized spacial score (nSPS) is 11.7. The SMILES string of the molecule is Cc1ccccc1B(c1ccccc1C)c1ccccc1C(c1c(F)c(F)c(F)c(F)c1F)(c1c(F)c(F)c(F)c(F)c1F)c1c(F)c(F)c(F)c(F)c1F. The summed E-state index contributed by atoms with van der Waals surface area (Å²) in [6, 6.07) is 15.1. The number of halogens is 15. The highest BCUT2D eigenvalue weighted by Crippen LogP contribution is 2.52. The zero-order chi connectivity index (χ0) is 40.4. The summed E-state index contributed by atoms with van der Waals surface area (Å²) >= 11 is 0. The second-order valence-corrected chi connectivity index (χ2v) is 12.3. The quantitative estimate of drug-likeness (QED) is 0.0499. The predicted octanol–water partition coefficient (Wildman–Crippen LogP) is 9.29. The van der Waals surface area contributed by atoms with Gasteiger partial charge in [-0.25, -0.2) is 65.9 Å². The van der Waals surface area contributed by atoms with Gasteiger partial charge in [0.15, 0.2) is 69.8 Å². The molecule has 6 aromatic carbocycles. The van der Waals surface area contributed by atoms with Gasteiger partial charge >= 0.3 is 0 Å². The van der Waals surface area contributed by atoms with Crippen LogP contribution in [0, 0.1) is 101 Å². The first-order valence-electron chi connectivity index (χ1n) is 15.7. The largest absolute Gasteiger partial charge is 0.242 e. The number of hydrogen-bond donors (Lipinski definition) is 0. The van der Waals surface area contributed by atoms with E-state index in [0.717, 1.165) is 18.2 Å². The van der Waals surface area contributed by atoms with E-state index >= 15 is 52.7 Å². The Morgan fingerprint density at radius 3 is 0.836 bits per heavy atom. The molecule has 0 radical (unpaired) electrons. The molecule has 0 amide bonds. The van der Waals surface area contributed by atoms with Crippen molar-refractivity contribution in [3.05, 3.63) is 193 Å².